The number of fused-ring (bicyclic) bond motifs is 1. The van der Waals surface area contributed by atoms with Crippen LogP contribution < -0.4 is 5.32 Å². The summed E-state index contributed by atoms with van der Waals surface area (Å²) in [5.74, 6) is -1.05. The van der Waals surface area contributed by atoms with E-state index in [4.69, 9.17) is 9.47 Å². The predicted octanol–water partition coefficient (Wildman–Crippen LogP) is 3.47. The van der Waals surface area contributed by atoms with Crippen LogP contribution >= 0.6 is 0 Å². The van der Waals surface area contributed by atoms with Gasteiger partial charge in [0.1, 0.15) is 12.2 Å². The number of benzene rings is 2. The number of carbonyl (C=O) groups is 3. The summed E-state index contributed by atoms with van der Waals surface area (Å²) in [7, 11) is 1.26. The first-order valence-electron chi connectivity index (χ1n) is 10.4. The molecule has 0 radical (unpaired) electrons. The zero-order chi connectivity index (χ0) is 22.5. The number of hydrogen-bond acceptors (Lipinski definition) is 5. The molecule has 32 heavy (non-hydrogen) atoms. The number of allylic oxidation sites excluding steroid dienone is 1. The van der Waals surface area contributed by atoms with Crippen LogP contribution in [0.4, 0.5) is 4.79 Å². The molecule has 0 spiro atoms. The molecule has 2 aromatic carbocycles. The molecule has 1 atom stereocenters. The van der Waals surface area contributed by atoms with E-state index in [1.807, 2.05) is 66.7 Å². The Morgan fingerprint density at radius 3 is 2.34 bits per heavy atom. The van der Waals surface area contributed by atoms with Gasteiger partial charge in [-0.1, -0.05) is 66.7 Å². The number of nitrogens with zero attached hydrogens (tertiary/aromatic N) is 1. The fourth-order valence-electron chi connectivity index (χ4n) is 3.97. The van der Waals surface area contributed by atoms with Crippen molar-refractivity contribution < 1.29 is 23.9 Å². The predicted molar refractivity (Wildman–Crippen MR) is 117 cm³/mol. The molecule has 0 saturated heterocycles. The van der Waals surface area contributed by atoms with Crippen LogP contribution in [0.15, 0.2) is 83.6 Å². The number of esters is 1. The van der Waals surface area contributed by atoms with E-state index in [-0.39, 0.29) is 24.1 Å². The van der Waals surface area contributed by atoms with Gasteiger partial charge < -0.3 is 19.7 Å². The second-order valence-electron chi connectivity index (χ2n) is 7.65. The molecule has 1 aliphatic carbocycles. The Morgan fingerprint density at radius 2 is 1.69 bits per heavy atom. The van der Waals surface area contributed by atoms with E-state index in [9.17, 15) is 14.4 Å². The minimum atomic E-state index is -0.668. The molecule has 4 rings (SSSR count). The number of amides is 2. The number of carbonyl (C=O) groups excluding carboxylic acids is 3. The summed E-state index contributed by atoms with van der Waals surface area (Å²) in [5, 5.41) is 2.84. The van der Waals surface area contributed by atoms with Crippen LogP contribution in [-0.2, 0) is 32.2 Å². The van der Waals surface area contributed by atoms with Crippen LogP contribution in [0, 0.1) is 0 Å². The molecule has 1 aliphatic heterocycles. The third kappa shape index (κ3) is 4.56. The third-order valence-corrected chi connectivity index (χ3v) is 5.51. The fourth-order valence-corrected chi connectivity index (χ4v) is 3.97. The van der Waals surface area contributed by atoms with E-state index in [2.05, 4.69) is 5.32 Å². The zero-order valence-electron chi connectivity index (χ0n) is 17.7. The Bertz CT molecular complexity index is 1080. The number of alkyl carbamates (subject to hydrolysis) is 1. The number of rotatable bonds is 6. The van der Waals surface area contributed by atoms with Crippen molar-refractivity contribution in [2.24, 2.45) is 0 Å². The maximum atomic E-state index is 13.1. The monoisotopic (exact) mass is 432 g/mol. The first-order chi connectivity index (χ1) is 15.6. The van der Waals surface area contributed by atoms with Crippen molar-refractivity contribution in [3.63, 3.8) is 0 Å². The van der Waals surface area contributed by atoms with Crippen molar-refractivity contribution >= 4 is 18.0 Å². The van der Waals surface area contributed by atoms with Crippen molar-refractivity contribution in [1.29, 1.82) is 0 Å². The number of methoxy groups -OCH3 is 1. The summed E-state index contributed by atoms with van der Waals surface area (Å²) in [6.07, 6.45) is 2.21. The van der Waals surface area contributed by atoms with E-state index in [1.165, 1.54) is 7.11 Å². The van der Waals surface area contributed by atoms with Crippen LogP contribution in [-0.4, -0.2) is 36.0 Å². The summed E-state index contributed by atoms with van der Waals surface area (Å²) in [4.78, 5) is 39.4. The first kappa shape index (κ1) is 21.4. The van der Waals surface area contributed by atoms with E-state index in [0.29, 0.717) is 30.7 Å². The molecule has 7 nitrogen and oxygen atoms in total. The quantitative estimate of drug-likeness (QED) is 0.558. The molecule has 1 unspecified atom stereocenters. The maximum absolute atomic E-state index is 13.1. The number of nitrogens with one attached hydrogen (secondary N) is 1. The van der Waals surface area contributed by atoms with E-state index in [0.717, 1.165) is 11.1 Å². The molecule has 7 heteroatoms. The van der Waals surface area contributed by atoms with Gasteiger partial charge in [-0.05, 0) is 29.5 Å². The van der Waals surface area contributed by atoms with Gasteiger partial charge in [0.2, 0.25) is 0 Å². The van der Waals surface area contributed by atoms with Crippen LogP contribution in [0.5, 0.6) is 0 Å². The van der Waals surface area contributed by atoms with Gasteiger partial charge in [0.05, 0.1) is 13.7 Å². The van der Waals surface area contributed by atoms with Crippen molar-refractivity contribution in [3.05, 3.63) is 94.7 Å². The lowest BCUT2D eigenvalue weighted by atomic mass is 9.92. The first-order valence-corrected chi connectivity index (χ1v) is 10.4. The van der Waals surface area contributed by atoms with E-state index in [1.54, 1.807) is 4.90 Å². The molecule has 2 aliphatic rings. The van der Waals surface area contributed by atoms with Gasteiger partial charge >= 0.3 is 12.1 Å². The fraction of sp³-hybridized carbons (Fsp3) is 0.240. The Labute approximate surface area is 186 Å². The maximum Gasteiger partial charge on any atom is 0.407 e. The average molecular weight is 432 g/mol. The lowest BCUT2D eigenvalue weighted by Gasteiger charge is -2.27. The summed E-state index contributed by atoms with van der Waals surface area (Å²) >= 11 is 0. The van der Waals surface area contributed by atoms with Crippen molar-refractivity contribution in [1.82, 2.24) is 10.2 Å². The van der Waals surface area contributed by atoms with Crippen molar-refractivity contribution in [2.75, 3.05) is 7.11 Å². The van der Waals surface area contributed by atoms with Crippen molar-refractivity contribution in [3.8, 4) is 0 Å². The topological polar surface area (TPSA) is 84.9 Å². The smallest absolute Gasteiger partial charge is 0.407 e. The highest BCUT2D eigenvalue weighted by Crippen LogP contribution is 2.38. The molecule has 0 fully saturated rings. The standard InChI is InChI=1S/C25H24N2O5/c1-31-24(29)22-20-14-19(26-25(30)32-16-18-10-6-3-7-11-18)12-13-21(20)27(23(22)28)15-17-8-4-2-5-9-17/h2-11,13,19H,12,14-16H2,1H3,(H,26,30). The van der Waals surface area contributed by atoms with Gasteiger partial charge in [-0.3, -0.25) is 4.79 Å². The van der Waals surface area contributed by atoms with Crippen LogP contribution in [0.3, 0.4) is 0 Å². The number of ether oxygens (including phenoxy) is 2. The van der Waals surface area contributed by atoms with Gasteiger partial charge in [0, 0.05) is 11.7 Å². The Hall–Kier alpha value is -3.87. The Kier molecular flexibility index (Phi) is 6.35. The summed E-state index contributed by atoms with van der Waals surface area (Å²) in [6.45, 7) is 0.520. The minimum Gasteiger partial charge on any atom is -0.465 e. The normalized spacial score (nSPS) is 17.5. The highest BCUT2D eigenvalue weighted by atomic mass is 16.5. The van der Waals surface area contributed by atoms with Crippen LogP contribution in [0.25, 0.3) is 0 Å². The lowest BCUT2D eigenvalue weighted by Crippen LogP contribution is -2.37. The van der Waals surface area contributed by atoms with Gasteiger partial charge in [-0.25, -0.2) is 9.59 Å². The van der Waals surface area contributed by atoms with Gasteiger partial charge in [0.15, 0.2) is 0 Å². The highest BCUT2D eigenvalue weighted by molar-refractivity contribution is 6.20. The van der Waals surface area contributed by atoms with E-state index >= 15 is 0 Å². The third-order valence-electron chi connectivity index (χ3n) is 5.51. The van der Waals surface area contributed by atoms with Gasteiger partial charge in [0.25, 0.3) is 5.91 Å². The largest absolute Gasteiger partial charge is 0.465 e. The average Bonchev–Trinajstić information content (AvgIpc) is 3.09. The Morgan fingerprint density at radius 1 is 1.03 bits per heavy atom. The SMILES string of the molecule is COC(=O)C1=C2CC(NC(=O)OCc3ccccc3)CC=C2N(Cc2ccccc2)C1=O. The minimum absolute atomic E-state index is 0.0267. The molecular formula is C25H24N2O5. The zero-order valence-corrected chi connectivity index (χ0v) is 17.7. The second kappa shape index (κ2) is 9.51. The highest BCUT2D eigenvalue weighted by Gasteiger charge is 2.41. The summed E-state index contributed by atoms with van der Waals surface area (Å²) in [6, 6.07) is 18.7. The van der Waals surface area contributed by atoms with Crippen LogP contribution in [0.2, 0.25) is 0 Å². The molecule has 1 N–H and O–H groups in total. The molecule has 0 aromatic heterocycles. The molecule has 2 amide bonds. The van der Waals surface area contributed by atoms with E-state index < -0.39 is 12.1 Å². The molecule has 1 heterocycles. The molecule has 164 valence electrons. The summed E-state index contributed by atoms with van der Waals surface area (Å²) < 4.78 is 10.2. The van der Waals surface area contributed by atoms with Gasteiger partial charge in [-0.15, -0.1) is 0 Å². The molecular weight excluding hydrogens is 408 g/mol. The summed E-state index contributed by atoms with van der Waals surface area (Å²) in [5.41, 5.74) is 3.17. The number of hydrogen-bond donors (Lipinski definition) is 1. The van der Waals surface area contributed by atoms with Gasteiger partial charge in [-0.2, -0.15) is 0 Å². The lowest BCUT2D eigenvalue weighted by molar-refractivity contribution is -0.139. The van der Waals surface area contributed by atoms with Crippen molar-refractivity contribution in [2.45, 2.75) is 32.0 Å². The van der Waals surface area contributed by atoms with Crippen LogP contribution in [0.1, 0.15) is 24.0 Å². The Balaban J connectivity index is 1.48. The second-order valence-corrected chi connectivity index (χ2v) is 7.65. The molecule has 0 saturated carbocycles. The molecule has 0 bridgehead atoms. The molecule has 2 aromatic rings.